The van der Waals surface area contributed by atoms with Gasteiger partial charge in [0, 0.05) is 0 Å². The first-order valence-electron chi connectivity index (χ1n) is 2.64. The molecule has 4 nitrogen and oxygen atoms in total. The summed E-state index contributed by atoms with van der Waals surface area (Å²) < 4.78 is 4.82. The van der Waals surface area contributed by atoms with E-state index < -0.39 is 5.97 Å². The topological polar surface area (TPSA) is 55.0 Å². The van der Waals surface area contributed by atoms with Crippen molar-refractivity contribution in [3.8, 4) is 0 Å². The van der Waals surface area contributed by atoms with Gasteiger partial charge in [0.1, 0.15) is 9.63 Å². The molecule has 0 bridgehead atoms. The Morgan fingerprint density at radius 1 is 1.82 bits per heavy atom. The first-order valence-corrected chi connectivity index (χ1v) is 3.81. The molecule has 0 saturated heterocycles. The fourth-order valence-corrected chi connectivity index (χ4v) is 0.992. The third kappa shape index (κ3) is 1.54. The lowest BCUT2D eigenvalue weighted by Gasteiger charge is -1.93. The van der Waals surface area contributed by atoms with E-state index in [2.05, 4.69) is 30.9 Å². The quantitative estimate of drug-likeness (QED) is 0.758. The van der Waals surface area contributed by atoms with Crippen molar-refractivity contribution in [3.63, 3.8) is 0 Å². The minimum atomic E-state index is -0.534. The van der Waals surface area contributed by atoms with E-state index in [0.717, 1.165) is 0 Å². The molecule has 1 aromatic rings. The third-order valence-electron chi connectivity index (χ3n) is 1.06. The van der Waals surface area contributed by atoms with Crippen LogP contribution >= 0.6 is 27.5 Å². The van der Waals surface area contributed by atoms with Gasteiger partial charge in [-0.3, -0.25) is 5.10 Å². The van der Waals surface area contributed by atoms with Gasteiger partial charge in [0.15, 0.2) is 5.69 Å². The number of hydrogen-bond acceptors (Lipinski definition) is 3. The molecule has 6 heteroatoms. The van der Waals surface area contributed by atoms with Gasteiger partial charge in [0.25, 0.3) is 0 Å². The largest absolute Gasteiger partial charge is 0.464 e. The molecular weight excluding hydrogens is 235 g/mol. The predicted molar refractivity (Wildman–Crippen MR) is 42.6 cm³/mol. The van der Waals surface area contributed by atoms with Crippen molar-refractivity contribution in [3.05, 3.63) is 15.3 Å². The lowest BCUT2D eigenvalue weighted by atomic mass is 10.4. The fourth-order valence-electron chi connectivity index (χ4n) is 0.544. The standard InChI is InChI=1S/C5H4BrClN2O2/c1-11-5(10)3-2(7)4(6)9-8-3/h1H3,(H,8,9). The molecule has 1 heterocycles. The Balaban J connectivity index is 3.04. The fraction of sp³-hybridized carbons (Fsp3) is 0.200. The molecular formula is C5H4BrClN2O2. The minimum Gasteiger partial charge on any atom is -0.464 e. The van der Waals surface area contributed by atoms with E-state index in [0.29, 0.717) is 4.60 Å². The summed E-state index contributed by atoms with van der Waals surface area (Å²) in [7, 11) is 1.27. The molecule has 0 aromatic carbocycles. The van der Waals surface area contributed by atoms with Gasteiger partial charge in [-0.15, -0.1) is 0 Å². The Morgan fingerprint density at radius 2 is 2.45 bits per heavy atom. The van der Waals surface area contributed by atoms with Gasteiger partial charge < -0.3 is 4.74 Å². The van der Waals surface area contributed by atoms with Crippen molar-refractivity contribution in [1.82, 2.24) is 10.2 Å². The SMILES string of the molecule is COC(=O)c1[nH]nc(Br)c1Cl. The van der Waals surface area contributed by atoms with E-state index in [4.69, 9.17) is 11.6 Å². The summed E-state index contributed by atoms with van der Waals surface area (Å²) in [6.07, 6.45) is 0. The number of carbonyl (C=O) groups excluding carboxylic acids is 1. The number of hydrogen-bond donors (Lipinski definition) is 1. The maximum absolute atomic E-state index is 10.8. The zero-order valence-corrected chi connectivity index (χ0v) is 7.86. The van der Waals surface area contributed by atoms with E-state index in [1.165, 1.54) is 7.11 Å². The Labute approximate surface area is 76.0 Å². The molecule has 1 N–H and O–H groups in total. The average molecular weight is 239 g/mol. The summed E-state index contributed by atoms with van der Waals surface area (Å²) in [5, 5.41) is 6.30. The number of nitrogens with zero attached hydrogens (tertiary/aromatic N) is 1. The normalized spacial score (nSPS) is 9.73. The Hall–Kier alpha value is -0.550. The van der Waals surface area contributed by atoms with Crippen LogP contribution in [0.4, 0.5) is 0 Å². The maximum atomic E-state index is 10.8. The molecule has 0 aliphatic carbocycles. The van der Waals surface area contributed by atoms with Crippen LogP contribution in [0.1, 0.15) is 10.5 Å². The first kappa shape index (κ1) is 8.55. The Kier molecular flexibility index (Phi) is 2.51. The molecule has 60 valence electrons. The van der Waals surface area contributed by atoms with Crippen LogP contribution in [0.5, 0.6) is 0 Å². The van der Waals surface area contributed by atoms with Gasteiger partial charge in [-0.1, -0.05) is 11.6 Å². The number of H-pyrrole nitrogens is 1. The zero-order chi connectivity index (χ0) is 8.43. The molecule has 0 atom stereocenters. The second kappa shape index (κ2) is 3.23. The van der Waals surface area contributed by atoms with Crippen molar-refractivity contribution in [1.29, 1.82) is 0 Å². The van der Waals surface area contributed by atoms with Gasteiger partial charge in [-0.2, -0.15) is 5.10 Å². The van der Waals surface area contributed by atoms with Gasteiger partial charge in [-0.25, -0.2) is 4.79 Å². The average Bonchev–Trinajstić information content (AvgIpc) is 2.32. The van der Waals surface area contributed by atoms with Gasteiger partial charge >= 0.3 is 5.97 Å². The number of halogens is 2. The van der Waals surface area contributed by atoms with Gasteiger partial charge in [0.05, 0.1) is 7.11 Å². The number of aromatic amines is 1. The Bertz CT molecular complexity index is 286. The van der Waals surface area contributed by atoms with Crippen LogP contribution in [0.25, 0.3) is 0 Å². The Morgan fingerprint density at radius 3 is 2.82 bits per heavy atom. The van der Waals surface area contributed by atoms with Crippen LogP contribution in [0.2, 0.25) is 5.02 Å². The van der Waals surface area contributed by atoms with Crippen molar-refractivity contribution in [2.75, 3.05) is 7.11 Å². The van der Waals surface area contributed by atoms with Crippen LogP contribution in [-0.2, 0) is 4.74 Å². The van der Waals surface area contributed by atoms with E-state index >= 15 is 0 Å². The van der Waals surface area contributed by atoms with Crippen LogP contribution in [0, 0.1) is 0 Å². The molecule has 0 aliphatic heterocycles. The number of ether oxygens (including phenoxy) is 1. The summed E-state index contributed by atoms with van der Waals surface area (Å²) in [5.74, 6) is -0.534. The molecule has 0 amide bonds. The second-order valence-corrected chi connectivity index (χ2v) is 2.82. The van der Waals surface area contributed by atoms with Gasteiger partial charge in [-0.05, 0) is 15.9 Å². The van der Waals surface area contributed by atoms with Crippen molar-refractivity contribution >= 4 is 33.5 Å². The van der Waals surface area contributed by atoms with E-state index in [1.54, 1.807) is 0 Å². The summed E-state index contributed by atoms with van der Waals surface area (Å²) in [5.41, 5.74) is 0.154. The monoisotopic (exact) mass is 238 g/mol. The highest BCUT2D eigenvalue weighted by Gasteiger charge is 2.15. The third-order valence-corrected chi connectivity index (χ3v) is 2.23. The van der Waals surface area contributed by atoms with Crippen molar-refractivity contribution < 1.29 is 9.53 Å². The highest BCUT2D eigenvalue weighted by molar-refractivity contribution is 9.10. The van der Waals surface area contributed by atoms with Crippen molar-refractivity contribution in [2.24, 2.45) is 0 Å². The molecule has 0 fully saturated rings. The summed E-state index contributed by atoms with van der Waals surface area (Å²) in [6.45, 7) is 0. The number of esters is 1. The molecule has 1 rings (SSSR count). The number of rotatable bonds is 1. The predicted octanol–water partition coefficient (Wildman–Crippen LogP) is 1.61. The molecule has 0 spiro atoms. The summed E-state index contributed by atoms with van der Waals surface area (Å²) in [6, 6.07) is 0. The van der Waals surface area contributed by atoms with E-state index in [9.17, 15) is 4.79 Å². The van der Waals surface area contributed by atoms with Crippen molar-refractivity contribution in [2.45, 2.75) is 0 Å². The second-order valence-electron chi connectivity index (χ2n) is 1.69. The highest BCUT2D eigenvalue weighted by Crippen LogP contribution is 2.23. The smallest absolute Gasteiger partial charge is 0.357 e. The number of carbonyl (C=O) groups is 1. The minimum absolute atomic E-state index is 0.154. The molecule has 0 saturated carbocycles. The van der Waals surface area contributed by atoms with Crippen LogP contribution in [0.3, 0.4) is 0 Å². The van der Waals surface area contributed by atoms with Gasteiger partial charge in [0.2, 0.25) is 0 Å². The molecule has 0 radical (unpaired) electrons. The molecule has 1 aromatic heterocycles. The van der Waals surface area contributed by atoms with E-state index in [-0.39, 0.29) is 10.7 Å². The van der Waals surface area contributed by atoms with E-state index in [1.807, 2.05) is 0 Å². The zero-order valence-electron chi connectivity index (χ0n) is 5.52. The van der Waals surface area contributed by atoms with Crippen LogP contribution < -0.4 is 0 Å². The summed E-state index contributed by atoms with van der Waals surface area (Å²) in [4.78, 5) is 10.8. The number of nitrogens with one attached hydrogen (secondary N) is 1. The maximum Gasteiger partial charge on any atom is 0.357 e. The lowest BCUT2D eigenvalue weighted by Crippen LogP contribution is -2.01. The lowest BCUT2D eigenvalue weighted by molar-refractivity contribution is 0.0594. The number of methoxy groups -OCH3 is 1. The van der Waals surface area contributed by atoms with Crippen LogP contribution in [0.15, 0.2) is 4.60 Å². The van der Waals surface area contributed by atoms with Crippen LogP contribution in [-0.4, -0.2) is 23.3 Å². The number of aromatic nitrogens is 2. The summed E-state index contributed by atoms with van der Waals surface area (Å²) >= 11 is 8.67. The molecule has 0 unspecified atom stereocenters. The highest BCUT2D eigenvalue weighted by atomic mass is 79.9. The molecule has 11 heavy (non-hydrogen) atoms. The molecule has 0 aliphatic rings. The first-order chi connectivity index (χ1) is 5.16.